The number of benzene rings is 3. The number of fused-ring (bicyclic) bond motifs is 1. The maximum atomic E-state index is 12.9. The maximum Gasteiger partial charge on any atom is 0.344 e. The molecule has 3 rings (SSSR count). The first-order valence-corrected chi connectivity index (χ1v) is 9.65. The van der Waals surface area contributed by atoms with Crippen LogP contribution < -0.4 is 4.74 Å². The van der Waals surface area contributed by atoms with Gasteiger partial charge in [-0.15, -0.1) is 0 Å². The molecule has 160 valence electrons. The molecule has 8 heteroatoms. The number of esters is 1. The van der Waals surface area contributed by atoms with Gasteiger partial charge in [0.15, 0.2) is 6.61 Å². The zero-order chi connectivity index (χ0) is 23.1. The molecule has 0 spiro atoms. The fourth-order valence-corrected chi connectivity index (χ4v) is 3.10. The highest BCUT2D eigenvalue weighted by molar-refractivity contribution is 6.15. The number of carbonyl (C=O) groups excluding carboxylic acids is 2. The first-order chi connectivity index (χ1) is 15.4. The number of non-ortho nitro benzene ring substituents is 1. The molecule has 0 bridgehead atoms. The van der Waals surface area contributed by atoms with Gasteiger partial charge in [-0.3, -0.25) is 14.9 Å². The van der Waals surface area contributed by atoms with E-state index in [9.17, 15) is 25.0 Å². The number of rotatable bonds is 8. The Balaban J connectivity index is 2.07. The first kappa shape index (κ1) is 22.2. The Hall–Kier alpha value is -4.51. The summed E-state index contributed by atoms with van der Waals surface area (Å²) in [6.45, 7) is 1.55. The van der Waals surface area contributed by atoms with Crippen molar-refractivity contribution in [2.45, 2.75) is 6.92 Å². The van der Waals surface area contributed by atoms with Gasteiger partial charge in [0.2, 0.25) is 5.78 Å². The van der Waals surface area contributed by atoms with Crippen LogP contribution in [0.15, 0.2) is 66.2 Å². The van der Waals surface area contributed by atoms with E-state index in [1.807, 2.05) is 18.2 Å². The number of nitro benzene ring substituents is 1. The Morgan fingerprint density at radius 2 is 1.91 bits per heavy atom. The molecule has 3 aromatic carbocycles. The number of nitro groups is 1. The van der Waals surface area contributed by atoms with Crippen LogP contribution in [0.25, 0.3) is 16.8 Å². The molecule has 0 saturated heterocycles. The van der Waals surface area contributed by atoms with Gasteiger partial charge in [0.05, 0.1) is 11.5 Å². The summed E-state index contributed by atoms with van der Waals surface area (Å²) in [6.07, 6.45) is 1.37. The van der Waals surface area contributed by atoms with Crippen molar-refractivity contribution in [3.63, 3.8) is 0 Å². The van der Waals surface area contributed by atoms with Gasteiger partial charge in [0, 0.05) is 23.3 Å². The van der Waals surface area contributed by atoms with E-state index in [0.717, 1.165) is 11.5 Å². The lowest BCUT2D eigenvalue weighted by Gasteiger charge is -2.12. The quantitative estimate of drug-likeness (QED) is 0.129. The van der Waals surface area contributed by atoms with Crippen molar-refractivity contribution in [1.29, 1.82) is 5.26 Å². The number of Topliss-reactive ketones (excluding diaryl/α,β-unsaturated/α-hetero) is 1. The van der Waals surface area contributed by atoms with Crippen LogP contribution in [0, 0.1) is 21.4 Å². The van der Waals surface area contributed by atoms with Crippen molar-refractivity contribution in [1.82, 2.24) is 0 Å². The Bertz CT molecular complexity index is 1270. The molecule has 32 heavy (non-hydrogen) atoms. The number of carbonyl (C=O) groups is 2. The van der Waals surface area contributed by atoms with Crippen molar-refractivity contribution in [3.8, 4) is 11.8 Å². The SMILES string of the molecule is CCOC(=O)COc1ccc2ccccc2c1/C=C(\C#N)C(=O)c1cccc([N+](=O)[O-])c1. The smallest absolute Gasteiger partial charge is 0.344 e. The number of allylic oxidation sites excluding steroid dienone is 1. The van der Waals surface area contributed by atoms with E-state index in [0.29, 0.717) is 10.9 Å². The minimum absolute atomic E-state index is 0.0150. The molecule has 0 aromatic heterocycles. The topological polar surface area (TPSA) is 120 Å². The van der Waals surface area contributed by atoms with E-state index in [-0.39, 0.29) is 35.8 Å². The Kier molecular flexibility index (Phi) is 6.93. The molecule has 0 N–H and O–H groups in total. The van der Waals surface area contributed by atoms with Crippen molar-refractivity contribution in [2.24, 2.45) is 0 Å². The minimum Gasteiger partial charge on any atom is -0.481 e. The molecule has 0 atom stereocenters. The second kappa shape index (κ2) is 10.00. The largest absolute Gasteiger partial charge is 0.481 e. The lowest BCUT2D eigenvalue weighted by Crippen LogP contribution is -2.15. The molecular formula is C24H18N2O6. The van der Waals surface area contributed by atoms with Crippen LogP contribution in [0.5, 0.6) is 5.75 Å². The summed E-state index contributed by atoms with van der Waals surface area (Å²) in [5.74, 6) is -0.930. The number of hydrogen-bond acceptors (Lipinski definition) is 7. The lowest BCUT2D eigenvalue weighted by molar-refractivity contribution is -0.384. The lowest BCUT2D eigenvalue weighted by atomic mass is 9.97. The summed E-state index contributed by atoms with van der Waals surface area (Å²) in [6, 6.07) is 17.8. The third kappa shape index (κ3) is 4.96. The maximum absolute atomic E-state index is 12.9. The standard InChI is InChI=1S/C24H18N2O6/c1-2-31-23(27)15-32-22-11-10-16-6-3-4-9-20(16)21(22)13-18(14-25)24(28)17-7-5-8-19(12-17)26(29)30/h3-13H,2,15H2,1H3/b18-13+. The Morgan fingerprint density at radius 3 is 2.62 bits per heavy atom. The van der Waals surface area contributed by atoms with E-state index >= 15 is 0 Å². The summed E-state index contributed by atoms with van der Waals surface area (Å²) in [5.41, 5.74) is -0.0384. The average Bonchev–Trinajstić information content (AvgIpc) is 2.81. The van der Waals surface area contributed by atoms with Crippen molar-refractivity contribution >= 4 is 34.3 Å². The highest BCUT2D eigenvalue weighted by Crippen LogP contribution is 2.31. The van der Waals surface area contributed by atoms with Crippen LogP contribution in [-0.4, -0.2) is 29.9 Å². The minimum atomic E-state index is -0.666. The van der Waals surface area contributed by atoms with E-state index < -0.39 is 16.7 Å². The first-order valence-electron chi connectivity index (χ1n) is 9.65. The van der Waals surface area contributed by atoms with Gasteiger partial charge in [0.25, 0.3) is 5.69 Å². The van der Waals surface area contributed by atoms with E-state index in [1.165, 1.54) is 24.3 Å². The summed E-state index contributed by atoms with van der Waals surface area (Å²) in [4.78, 5) is 35.1. The van der Waals surface area contributed by atoms with Gasteiger partial charge in [-0.1, -0.05) is 42.5 Å². The molecule has 0 fully saturated rings. The second-order valence-electron chi connectivity index (χ2n) is 6.60. The normalized spacial score (nSPS) is 10.9. The summed E-state index contributed by atoms with van der Waals surface area (Å²) >= 11 is 0. The van der Waals surface area contributed by atoms with Crippen LogP contribution in [0.1, 0.15) is 22.8 Å². The summed E-state index contributed by atoms with van der Waals surface area (Å²) < 4.78 is 10.5. The van der Waals surface area contributed by atoms with Crippen molar-refractivity contribution in [3.05, 3.63) is 87.5 Å². The van der Waals surface area contributed by atoms with E-state index in [2.05, 4.69) is 0 Å². The third-order valence-electron chi connectivity index (χ3n) is 4.55. The predicted molar refractivity (Wildman–Crippen MR) is 117 cm³/mol. The second-order valence-corrected chi connectivity index (χ2v) is 6.60. The Labute approximate surface area is 183 Å². The van der Waals surface area contributed by atoms with E-state index in [1.54, 1.807) is 31.2 Å². The van der Waals surface area contributed by atoms with Crippen LogP contribution in [0.3, 0.4) is 0 Å². The predicted octanol–water partition coefficient (Wildman–Crippen LogP) is 4.48. The fourth-order valence-electron chi connectivity index (χ4n) is 3.10. The van der Waals surface area contributed by atoms with Gasteiger partial charge in [-0.25, -0.2) is 4.79 Å². The van der Waals surface area contributed by atoms with Crippen LogP contribution in [-0.2, 0) is 9.53 Å². The van der Waals surface area contributed by atoms with Gasteiger partial charge < -0.3 is 9.47 Å². The molecule has 0 heterocycles. The fraction of sp³-hybridized carbons (Fsp3) is 0.125. The zero-order valence-electron chi connectivity index (χ0n) is 17.1. The van der Waals surface area contributed by atoms with E-state index in [4.69, 9.17) is 9.47 Å². The highest BCUT2D eigenvalue weighted by Gasteiger charge is 2.18. The average molecular weight is 430 g/mol. The molecule has 0 saturated carbocycles. The van der Waals surface area contributed by atoms with Crippen LogP contribution in [0.4, 0.5) is 5.69 Å². The number of ether oxygens (including phenoxy) is 2. The number of nitriles is 1. The van der Waals surface area contributed by atoms with Crippen LogP contribution in [0.2, 0.25) is 0 Å². The highest BCUT2D eigenvalue weighted by atomic mass is 16.6. The molecule has 0 radical (unpaired) electrons. The molecule has 0 unspecified atom stereocenters. The molecular weight excluding hydrogens is 412 g/mol. The number of ketones is 1. The van der Waals surface area contributed by atoms with Gasteiger partial charge in [0.1, 0.15) is 17.4 Å². The number of hydrogen-bond donors (Lipinski definition) is 0. The van der Waals surface area contributed by atoms with Crippen LogP contribution >= 0.6 is 0 Å². The molecule has 3 aromatic rings. The third-order valence-corrected chi connectivity index (χ3v) is 4.55. The summed E-state index contributed by atoms with van der Waals surface area (Å²) in [7, 11) is 0. The molecule has 0 aliphatic heterocycles. The molecule has 0 amide bonds. The van der Waals surface area contributed by atoms with Gasteiger partial charge in [-0.2, -0.15) is 5.26 Å². The molecule has 8 nitrogen and oxygen atoms in total. The monoisotopic (exact) mass is 430 g/mol. The van der Waals surface area contributed by atoms with Gasteiger partial charge in [-0.05, 0) is 29.8 Å². The molecule has 0 aliphatic carbocycles. The van der Waals surface area contributed by atoms with Crippen molar-refractivity contribution in [2.75, 3.05) is 13.2 Å². The number of nitrogens with zero attached hydrogens (tertiary/aromatic N) is 2. The van der Waals surface area contributed by atoms with Crippen molar-refractivity contribution < 1.29 is 24.0 Å². The molecule has 0 aliphatic rings. The zero-order valence-corrected chi connectivity index (χ0v) is 17.1. The summed E-state index contributed by atoms with van der Waals surface area (Å²) in [5, 5.41) is 22.2. The Morgan fingerprint density at radius 1 is 1.12 bits per heavy atom. The van der Waals surface area contributed by atoms with Gasteiger partial charge >= 0.3 is 5.97 Å².